The normalized spacial score (nSPS) is 14.1. The number of fused-ring (bicyclic) bond motifs is 1. The van der Waals surface area contributed by atoms with Crippen LogP contribution in [-0.2, 0) is 7.05 Å². The van der Waals surface area contributed by atoms with Gasteiger partial charge in [-0.2, -0.15) is 5.10 Å². The second-order valence-electron chi connectivity index (χ2n) is 4.71. The van der Waals surface area contributed by atoms with Crippen LogP contribution in [0.5, 0.6) is 11.5 Å². The summed E-state index contributed by atoms with van der Waals surface area (Å²) in [7, 11) is 1.84. The third kappa shape index (κ3) is 2.32. The van der Waals surface area contributed by atoms with Gasteiger partial charge in [0.25, 0.3) is 5.91 Å². The van der Waals surface area contributed by atoms with E-state index in [4.69, 9.17) is 9.47 Å². The lowest BCUT2D eigenvalue weighted by molar-refractivity contribution is 0.0939. The van der Waals surface area contributed by atoms with Crippen LogP contribution < -0.4 is 14.8 Å². The molecule has 0 aliphatic carbocycles. The van der Waals surface area contributed by atoms with Crippen LogP contribution in [-0.4, -0.2) is 22.5 Å². The number of ether oxygens (including phenoxy) is 2. The number of nitrogens with zero attached hydrogens (tertiary/aromatic N) is 2. The molecule has 1 aromatic heterocycles. The van der Waals surface area contributed by atoms with Gasteiger partial charge in [0.15, 0.2) is 11.5 Å². The summed E-state index contributed by atoms with van der Waals surface area (Å²) in [5, 5.41) is 7.02. The van der Waals surface area contributed by atoms with Gasteiger partial charge in [-0.3, -0.25) is 9.48 Å². The van der Waals surface area contributed by atoms with Gasteiger partial charge in [-0.1, -0.05) is 0 Å². The zero-order chi connectivity index (χ0) is 14.1. The van der Waals surface area contributed by atoms with Crippen molar-refractivity contribution in [3.05, 3.63) is 41.7 Å². The highest BCUT2D eigenvalue weighted by atomic mass is 16.7. The van der Waals surface area contributed by atoms with Crippen LogP contribution in [0.15, 0.2) is 30.6 Å². The average Bonchev–Trinajstić information content (AvgIpc) is 3.05. The zero-order valence-electron chi connectivity index (χ0n) is 11.3. The Kier molecular flexibility index (Phi) is 3.06. The van der Waals surface area contributed by atoms with Crippen LogP contribution in [0, 0.1) is 0 Å². The molecule has 104 valence electrons. The lowest BCUT2D eigenvalue weighted by atomic mass is 10.1. The molecule has 2 heterocycles. The average molecular weight is 273 g/mol. The summed E-state index contributed by atoms with van der Waals surface area (Å²) in [6, 6.07) is 5.04. The molecule has 0 fully saturated rings. The van der Waals surface area contributed by atoms with Crippen molar-refractivity contribution in [3.63, 3.8) is 0 Å². The molecule has 0 unspecified atom stereocenters. The summed E-state index contributed by atoms with van der Waals surface area (Å²) in [6.45, 7) is 2.12. The lowest BCUT2D eigenvalue weighted by Crippen LogP contribution is -2.26. The van der Waals surface area contributed by atoms with Crippen LogP contribution in [0.1, 0.15) is 28.9 Å². The molecule has 1 atom stereocenters. The number of aromatic nitrogens is 2. The molecular weight excluding hydrogens is 258 g/mol. The summed E-state index contributed by atoms with van der Waals surface area (Å²) in [4.78, 5) is 12.2. The van der Waals surface area contributed by atoms with Gasteiger partial charge in [-0.05, 0) is 25.1 Å². The number of nitrogens with one attached hydrogen (secondary N) is 1. The molecule has 1 aromatic carbocycles. The van der Waals surface area contributed by atoms with Crippen LogP contribution in [0.4, 0.5) is 0 Å². The first-order valence-corrected chi connectivity index (χ1v) is 6.32. The minimum Gasteiger partial charge on any atom is -0.454 e. The molecule has 6 heteroatoms. The maximum atomic E-state index is 12.2. The minimum atomic E-state index is -0.153. The van der Waals surface area contributed by atoms with Crippen molar-refractivity contribution in [1.82, 2.24) is 15.1 Å². The highest BCUT2D eigenvalue weighted by molar-refractivity contribution is 5.95. The monoisotopic (exact) mass is 273 g/mol. The van der Waals surface area contributed by atoms with Crippen LogP contribution >= 0.6 is 0 Å². The Hall–Kier alpha value is -2.50. The topological polar surface area (TPSA) is 65.4 Å². The maximum Gasteiger partial charge on any atom is 0.251 e. The van der Waals surface area contributed by atoms with E-state index in [1.165, 1.54) is 0 Å². The molecular formula is C14H15N3O3. The van der Waals surface area contributed by atoms with Crippen molar-refractivity contribution in [2.24, 2.45) is 7.05 Å². The predicted molar refractivity (Wildman–Crippen MR) is 71.7 cm³/mol. The molecule has 1 aliphatic heterocycles. The molecule has 0 spiro atoms. The van der Waals surface area contributed by atoms with E-state index in [1.807, 2.05) is 20.2 Å². The van der Waals surface area contributed by atoms with E-state index in [0.29, 0.717) is 17.1 Å². The molecule has 1 amide bonds. The third-order valence-corrected chi connectivity index (χ3v) is 3.21. The smallest absolute Gasteiger partial charge is 0.251 e. The number of aryl methyl sites for hydroxylation is 1. The van der Waals surface area contributed by atoms with Crippen molar-refractivity contribution >= 4 is 5.91 Å². The fourth-order valence-electron chi connectivity index (χ4n) is 2.06. The number of carbonyl (C=O) groups is 1. The van der Waals surface area contributed by atoms with E-state index < -0.39 is 0 Å². The SMILES string of the molecule is C[C@@H](NC(=O)c1ccc2c(c1)OCO2)c1cnn(C)c1. The first kappa shape index (κ1) is 12.5. The largest absolute Gasteiger partial charge is 0.454 e. The number of hydrogen-bond donors (Lipinski definition) is 1. The van der Waals surface area contributed by atoms with Crippen molar-refractivity contribution in [3.8, 4) is 11.5 Å². The summed E-state index contributed by atoms with van der Waals surface area (Å²) >= 11 is 0. The Bertz CT molecular complexity index is 651. The number of benzene rings is 1. The first-order valence-electron chi connectivity index (χ1n) is 6.32. The number of amides is 1. The molecule has 6 nitrogen and oxygen atoms in total. The molecule has 0 saturated carbocycles. The van der Waals surface area contributed by atoms with Crippen LogP contribution in [0.2, 0.25) is 0 Å². The maximum absolute atomic E-state index is 12.2. The highest BCUT2D eigenvalue weighted by Gasteiger charge is 2.18. The van der Waals surface area contributed by atoms with Gasteiger partial charge in [0.05, 0.1) is 12.2 Å². The molecule has 2 aromatic rings. The number of rotatable bonds is 3. The van der Waals surface area contributed by atoms with Gasteiger partial charge in [-0.15, -0.1) is 0 Å². The van der Waals surface area contributed by atoms with Crippen molar-refractivity contribution in [2.75, 3.05) is 6.79 Å². The quantitative estimate of drug-likeness (QED) is 0.923. The summed E-state index contributed by atoms with van der Waals surface area (Å²) in [5.74, 6) is 1.12. The number of hydrogen-bond acceptors (Lipinski definition) is 4. The van der Waals surface area contributed by atoms with Crippen LogP contribution in [0.25, 0.3) is 0 Å². The van der Waals surface area contributed by atoms with Crippen molar-refractivity contribution < 1.29 is 14.3 Å². The zero-order valence-corrected chi connectivity index (χ0v) is 11.3. The van der Waals surface area contributed by atoms with E-state index in [9.17, 15) is 4.79 Å². The Morgan fingerprint density at radius 3 is 2.95 bits per heavy atom. The first-order chi connectivity index (χ1) is 9.63. The van der Waals surface area contributed by atoms with E-state index >= 15 is 0 Å². The van der Waals surface area contributed by atoms with Gasteiger partial charge in [0.1, 0.15) is 0 Å². The third-order valence-electron chi connectivity index (χ3n) is 3.21. The molecule has 0 radical (unpaired) electrons. The molecule has 20 heavy (non-hydrogen) atoms. The molecule has 1 aliphatic rings. The molecule has 0 saturated heterocycles. The fraction of sp³-hybridized carbons (Fsp3) is 0.286. The van der Waals surface area contributed by atoms with E-state index in [-0.39, 0.29) is 18.7 Å². The van der Waals surface area contributed by atoms with Gasteiger partial charge < -0.3 is 14.8 Å². The lowest BCUT2D eigenvalue weighted by Gasteiger charge is -2.12. The molecule has 1 N–H and O–H groups in total. The van der Waals surface area contributed by atoms with Crippen LogP contribution in [0.3, 0.4) is 0 Å². The van der Waals surface area contributed by atoms with E-state index in [2.05, 4.69) is 10.4 Å². The molecule has 0 bridgehead atoms. The van der Waals surface area contributed by atoms with Crippen molar-refractivity contribution in [1.29, 1.82) is 0 Å². The fourth-order valence-corrected chi connectivity index (χ4v) is 2.06. The number of carbonyl (C=O) groups excluding carboxylic acids is 1. The summed E-state index contributed by atoms with van der Waals surface area (Å²) in [5.41, 5.74) is 1.51. The molecule has 3 rings (SSSR count). The Morgan fingerprint density at radius 1 is 1.40 bits per heavy atom. The Balaban J connectivity index is 1.73. The highest BCUT2D eigenvalue weighted by Crippen LogP contribution is 2.32. The second-order valence-corrected chi connectivity index (χ2v) is 4.71. The summed E-state index contributed by atoms with van der Waals surface area (Å²) < 4.78 is 12.2. The standard InChI is InChI=1S/C14H15N3O3/c1-9(11-6-15-17(2)7-11)16-14(18)10-3-4-12-13(5-10)20-8-19-12/h3-7,9H,8H2,1-2H3,(H,16,18)/t9-/m1/s1. The minimum absolute atomic E-state index is 0.110. The Labute approximate surface area is 116 Å². The Morgan fingerprint density at radius 2 is 2.20 bits per heavy atom. The van der Waals surface area contributed by atoms with Gasteiger partial charge in [0.2, 0.25) is 6.79 Å². The van der Waals surface area contributed by atoms with E-state index in [0.717, 1.165) is 5.56 Å². The van der Waals surface area contributed by atoms with Crippen molar-refractivity contribution in [2.45, 2.75) is 13.0 Å². The summed E-state index contributed by atoms with van der Waals surface area (Å²) in [6.07, 6.45) is 3.62. The van der Waals surface area contributed by atoms with Gasteiger partial charge in [0, 0.05) is 24.4 Å². The van der Waals surface area contributed by atoms with Gasteiger partial charge >= 0.3 is 0 Å². The van der Waals surface area contributed by atoms with Gasteiger partial charge in [-0.25, -0.2) is 0 Å². The second kappa shape index (κ2) is 4.88. The predicted octanol–water partition coefficient (Wildman–Crippen LogP) is 1.64. The van der Waals surface area contributed by atoms with E-state index in [1.54, 1.807) is 29.1 Å².